The Morgan fingerprint density at radius 3 is 2.38 bits per heavy atom. The zero-order valence-corrected chi connectivity index (χ0v) is 13.1. The third-order valence-corrected chi connectivity index (χ3v) is 5.07. The van der Waals surface area contributed by atoms with E-state index in [4.69, 9.17) is 17.3 Å². The molecule has 0 amide bonds. The van der Waals surface area contributed by atoms with Crippen molar-refractivity contribution in [2.75, 3.05) is 36.8 Å². The van der Waals surface area contributed by atoms with Crippen LogP contribution in [0.5, 0.6) is 0 Å². The van der Waals surface area contributed by atoms with Gasteiger partial charge in [-0.05, 0) is 44.8 Å². The van der Waals surface area contributed by atoms with E-state index in [0.29, 0.717) is 11.7 Å². The minimum atomic E-state index is -0.390. The Bertz CT molecular complexity index is 495. The number of piperidine rings is 2. The maximum absolute atomic E-state index is 13.7. The van der Waals surface area contributed by atoms with E-state index in [1.54, 1.807) is 0 Å². The first kappa shape index (κ1) is 14.9. The molecule has 0 bridgehead atoms. The van der Waals surface area contributed by atoms with Crippen LogP contribution in [0.4, 0.5) is 15.8 Å². The molecule has 3 nitrogen and oxygen atoms in total. The predicted octanol–water partition coefficient (Wildman–Crippen LogP) is 3.52. The first-order valence-corrected chi connectivity index (χ1v) is 8.26. The smallest absolute Gasteiger partial charge is 0.144 e. The second-order valence-corrected chi connectivity index (χ2v) is 6.55. The van der Waals surface area contributed by atoms with Gasteiger partial charge in [0.1, 0.15) is 5.82 Å². The monoisotopic (exact) mass is 311 g/mol. The van der Waals surface area contributed by atoms with E-state index in [1.165, 1.54) is 44.5 Å². The Morgan fingerprint density at radius 2 is 1.71 bits per heavy atom. The molecule has 0 atom stereocenters. The minimum absolute atomic E-state index is 0.0967. The number of likely N-dealkylation sites (tertiary alicyclic amines) is 1. The molecule has 21 heavy (non-hydrogen) atoms. The quantitative estimate of drug-likeness (QED) is 0.848. The lowest BCUT2D eigenvalue weighted by atomic mass is 9.99. The average molecular weight is 312 g/mol. The predicted molar refractivity (Wildman–Crippen MR) is 86.5 cm³/mol. The van der Waals surface area contributed by atoms with Crippen LogP contribution in [0, 0.1) is 5.82 Å². The fraction of sp³-hybridized carbons (Fsp3) is 0.625. The largest absolute Gasteiger partial charge is 0.397 e. The Kier molecular flexibility index (Phi) is 4.55. The van der Waals surface area contributed by atoms with Gasteiger partial charge in [0.15, 0.2) is 0 Å². The first-order valence-electron chi connectivity index (χ1n) is 7.88. The van der Waals surface area contributed by atoms with E-state index in [9.17, 15) is 4.39 Å². The van der Waals surface area contributed by atoms with Gasteiger partial charge in [0.25, 0.3) is 0 Å². The molecule has 0 spiro atoms. The van der Waals surface area contributed by atoms with Crippen LogP contribution in [0.2, 0.25) is 5.02 Å². The van der Waals surface area contributed by atoms with Crippen LogP contribution < -0.4 is 10.6 Å². The van der Waals surface area contributed by atoms with Crippen molar-refractivity contribution in [2.24, 2.45) is 0 Å². The van der Waals surface area contributed by atoms with Gasteiger partial charge in [0.2, 0.25) is 0 Å². The van der Waals surface area contributed by atoms with Crippen LogP contribution in [0.15, 0.2) is 12.1 Å². The Hall–Kier alpha value is -1.00. The number of nitrogens with zero attached hydrogens (tertiary/aromatic N) is 2. The van der Waals surface area contributed by atoms with Crippen molar-refractivity contribution in [2.45, 2.75) is 38.1 Å². The standard InChI is InChI=1S/C16H23ClFN3/c17-13-10-15(19)16(11-14(13)18)21-8-4-12(5-9-21)20-6-2-1-3-7-20/h10-12H,1-9,19H2. The van der Waals surface area contributed by atoms with E-state index < -0.39 is 0 Å². The summed E-state index contributed by atoms with van der Waals surface area (Å²) in [5, 5.41) is 0.0967. The van der Waals surface area contributed by atoms with E-state index in [2.05, 4.69) is 9.80 Å². The number of rotatable bonds is 2. The normalized spacial score (nSPS) is 21.7. The number of halogens is 2. The van der Waals surface area contributed by atoms with Crippen LogP contribution in [0.1, 0.15) is 32.1 Å². The van der Waals surface area contributed by atoms with Gasteiger partial charge in [0, 0.05) is 25.2 Å². The van der Waals surface area contributed by atoms with E-state index in [1.807, 2.05) is 0 Å². The Morgan fingerprint density at radius 1 is 1.05 bits per heavy atom. The summed E-state index contributed by atoms with van der Waals surface area (Å²) in [6, 6.07) is 3.67. The zero-order valence-electron chi connectivity index (χ0n) is 12.3. The van der Waals surface area contributed by atoms with Gasteiger partial charge >= 0.3 is 0 Å². The minimum Gasteiger partial charge on any atom is -0.397 e. The third-order valence-electron chi connectivity index (χ3n) is 4.78. The van der Waals surface area contributed by atoms with E-state index >= 15 is 0 Å². The zero-order chi connectivity index (χ0) is 14.8. The SMILES string of the molecule is Nc1cc(Cl)c(F)cc1N1CCC(N2CCCCC2)CC1. The number of hydrogen-bond acceptors (Lipinski definition) is 3. The molecule has 2 aliphatic rings. The van der Waals surface area contributed by atoms with Crippen LogP contribution >= 0.6 is 11.6 Å². The van der Waals surface area contributed by atoms with Gasteiger partial charge in [-0.1, -0.05) is 18.0 Å². The molecule has 5 heteroatoms. The highest BCUT2D eigenvalue weighted by molar-refractivity contribution is 6.31. The molecule has 2 fully saturated rings. The maximum atomic E-state index is 13.7. The lowest BCUT2D eigenvalue weighted by molar-refractivity contribution is 0.141. The van der Waals surface area contributed by atoms with Crippen molar-refractivity contribution < 1.29 is 4.39 Å². The van der Waals surface area contributed by atoms with Crippen molar-refractivity contribution in [3.63, 3.8) is 0 Å². The van der Waals surface area contributed by atoms with Crippen molar-refractivity contribution in [3.05, 3.63) is 23.0 Å². The molecule has 3 rings (SSSR count). The number of benzene rings is 1. The van der Waals surface area contributed by atoms with E-state index in [0.717, 1.165) is 31.6 Å². The fourth-order valence-corrected chi connectivity index (χ4v) is 3.75. The highest BCUT2D eigenvalue weighted by atomic mass is 35.5. The highest BCUT2D eigenvalue weighted by Crippen LogP contribution is 2.32. The maximum Gasteiger partial charge on any atom is 0.144 e. The summed E-state index contributed by atoms with van der Waals surface area (Å²) in [7, 11) is 0. The third kappa shape index (κ3) is 3.27. The van der Waals surface area contributed by atoms with Crippen LogP contribution in [-0.2, 0) is 0 Å². The Balaban J connectivity index is 1.64. The van der Waals surface area contributed by atoms with Gasteiger partial charge in [-0.25, -0.2) is 4.39 Å². The van der Waals surface area contributed by atoms with Crippen LogP contribution in [0.25, 0.3) is 0 Å². The summed E-state index contributed by atoms with van der Waals surface area (Å²) in [4.78, 5) is 4.82. The molecule has 0 radical (unpaired) electrons. The second-order valence-electron chi connectivity index (χ2n) is 6.14. The molecule has 0 aliphatic carbocycles. The van der Waals surface area contributed by atoms with Crippen LogP contribution in [-0.4, -0.2) is 37.1 Å². The molecule has 0 unspecified atom stereocenters. The molecule has 116 valence electrons. The average Bonchev–Trinajstić information content (AvgIpc) is 2.52. The molecule has 2 aliphatic heterocycles. The van der Waals surface area contributed by atoms with Gasteiger partial charge < -0.3 is 15.5 Å². The molecular weight excluding hydrogens is 289 g/mol. The molecule has 0 saturated carbocycles. The first-order chi connectivity index (χ1) is 10.1. The molecular formula is C16H23ClFN3. The lowest BCUT2D eigenvalue weighted by Crippen LogP contribution is -2.46. The number of hydrogen-bond donors (Lipinski definition) is 1. The van der Waals surface area contributed by atoms with Gasteiger partial charge in [-0.3, -0.25) is 0 Å². The van der Waals surface area contributed by atoms with Crippen LogP contribution in [0.3, 0.4) is 0 Å². The lowest BCUT2D eigenvalue weighted by Gasteiger charge is -2.41. The van der Waals surface area contributed by atoms with Gasteiger partial charge in [-0.15, -0.1) is 0 Å². The molecule has 1 aromatic rings. The summed E-state index contributed by atoms with van der Waals surface area (Å²) >= 11 is 5.77. The summed E-state index contributed by atoms with van der Waals surface area (Å²) < 4.78 is 13.7. The second kappa shape index (κ2) is 6.41. The van der Waals surface area contributed by atoms with E-state index in [-0.39, 0.29) is 10.8 Å². The molecule has 2 heterocycles. The summed E-state index contributed by atoms with van der Waals surface area (Å²) in [6.45, 7) is 4.35. The van der Waals surface area contributed by atoms with Gasteiger partial charge in [-0.2, -0.15) is 0 Å². The van der Waals surface area contributed by atoms with Crippen molar-refractivity contribution in [1.29, 1.82) is 0 Å². The number of nitrogen functional groups attached to an aromatic ring is 1. The molecule has 1 aromatic carbocycles. The molecule has 2 N–H and O–H groups in total. The van der Waals surface area contributed by atoms with Crippen molar-refractivity contribution in [1.82, 2.24) is 4.90 Å². The number of nitrogens with two attached hydrogens (primary N) is 1. The Labute approximate surface area is 130 Å². The van der Waals surface area contributed by atoms with Gasteiger partial charge in [0.05, 0.1) is 16.4 Å². The summed E-state index contributed by atoms with van der Waals surface area (Å²) in [6.07, 6.45) is 6.29. The van der Waals surface area contributed by atoms with Crippen molar-refractivity contribution >= 4 is 23.0 Å². The summed E-state index contributed by atoms with van der Waals surface area (Å²) in [5.41, 5.74) is 7.35. The molecule has 2 saturated heterocycles. The summed E-state index contributed by atoms with van der Waals surface area (Å²) in [5.74, 6) is -0.390. The van der Waals surface area contributed by atoms with Crippen molar-refractivity contribution in [3.8, 4) is 0 Å². The highest BCUT2D eigenvalue weighted by Gasteiger charge is 2.26. The topological polar surface area (TPSA) is 32.5 Å². The fourth-order valence-electron chi connectivity index (χ4n) is 3.58. The number of anilines is 2. The molecule has 0 aromatic heterocycles.